The van der Waals surface area contributed by atoms with Crippen molar-refractivity contribution in [2.24, 2.45) is 5.73 Å². The predicted octanol–water partition coefficient (Wildman–Crippen LogP) is 3.53. The van der Waals surface area contributed by atoms with E-state index in [2.05, 4.69) is 10.6 Å². The van der Waals surface area contributed by atoms with Crippen molar-refractivity contribution in [3.63, 3.8) is 0 Å². The van der Waals surface area contributed by atoms with E-state index in [1.54, 1.807) is 32.9 Å². The van der Waals surface area contributed by atoms with E-state index >= 15 is 0 Å². The van der Waals surface area contributed by atoms with Gasteiger partial charge in [0.05, 0.1) is 6.42 Å². The molecule has 0 aromatic heterocycles. The molecule has 10 heteroatoms. The van der Waals surface area contributed by atoms with E-state index in [0.717, 1.165) is 25.7 Å². The Morgan fingerprint density at radius 3 is 2.30 bits per heavy atom. The molecule has 37 heavy (non-hydrogen) atoms. The molecule has 0 saturated heterocycles. The summed E-state index contributed by atoms with van der Waals surface area (Å²) in [5.74, 6) is -1.92. The lowest BCUT2D eigenvalue weighted by Gasteiger charge is -2.35. The monoisotopic (exact) mass is 520 g/mol. The number of aromatic hydroxyl groups is 1. The number of hydrogen-bond acceptors (Lipinski definition) is 6. The molecule has 0 aliphatic rings. The minimum absolute atomic E-state index is 0.0570. The van der Waals surface area contributed by atoms with Gasteiger partial charge in [0.15, 0.2) is 0 Å². The Labute approximate surface area is 220 Å². The molecule has 0 aliphatic carbocycles. The number of nitrogens with two attached hydrogens (primary N) is 1. The number of nitrogens with zero attached hydrogens (tertiary/aromatic N) is 1. The second kappa shape index (κ2) is 15.1. The van der Waals surface area contributed by atoms with Crippen LogP contribution in [0.1, 0.15) is 91.7 Å². The first-order chi connectivity index (χ1) is 17.3. The van der Waals surface area contributed by atoms with Crippen LogP contribution in [0.2, 0.25) is 0 Å². The van der Waals surface area contributed by atoms with Crippen molar-refractivity contribution in [1.82, 2.24) is 15.5 Å². The lowest BCUT2D eigenvalue weighted by molar-refractivity contribution is -0.143. The number of hydrogen-bond donors (Lipinski definition) is 4. The van der Waals surface area contributed by atoms with Crippen LogP contribution in [0.15, 0.2) is 24.3 Å². The van der Waals surface area contributed by atoms with E-state index in [9.17, 15) is 24.3 Å². The van der Waals surface area contributed by atoms with Crippen LogP contribution >= 0.6 is 0 Å². The Morgan fingerprint density at radius 2 is 1.76 bits per heavy atom. The summed E-state index contributed by atoms with van der Waals surface area (Å²) in [6.45, 7) is 11.1. The molecule has 10 nitrogen and oxygen atoms in total. The number of amides is 4. The number of carbonyl (C=O) groups excluding carboxylic acids is 4. The fourth-order valence-corrected chi connectivity index (χ4v) is 3.94. The van der Waals surface area contributed by atoms with Gasteiger partial charge < -0.3 is 31.1 Å². The molecular formula is C27H44N4O6. The lowest BCUT2D eigenvalue weighted by Crippen LogP contribution is -2.54. The zero-order valence-electron chi connectivity index (χ0n) is 23.0. The Morgan fingerprint density at radius 1 is 1.08 bits per heavy atom. The summed E-state index contributed by atoms with van der Waals surface area (Å²) >= 11 is 0. The molecule has 0 spiro atoms. The van der Waals surface area contributed by atoms with Gasteiger partial charge in [0.2, 0.25) is 17.7 Å². The molecule has 4 amide bonds. The summed E-state index contributed by atoms with van der Waals surface area (Å²) in [7, 11) is 0. The standard InChI is InChI=1S/C27H44N4O6/c1-7-9-10-15-31(25(35)21(17-22(28)33)30-26(36)37-27(4,5)6)23(19-13-11-14-20(32)16-19)24(34)29-18(3)12-8-2/h11,13-14,16,18,21,23,32H,7-10,12,15,17H2,1-6H3,(H2,28,33)(H,29,34)(H,30,36). The van der Waals surface area contributed by atoms with E-state index in [4.69, 9.17) is 10.5 Å². The minimum atomic E-state index is -1.34. The molecule has 1 aromatic carbocycles. The fourth-order valence-electron chi connectivity index (χ4n) is 3.94. The molecule has 0 bridgehead atoms. The van der Waals surface area contributed by atoms with Gasteiger partial charge in [0.1, 0.15) is 23.4 Å². The maximum atomic E-state index is 13.9. The van der Waals surface area contributed by atoms with Gasteiger partial charge in [-0.25, -0.2) is 4.79 Å². The van der Waals surface area contributed by atoms with E-state index in [1.807, 2.05) is 20.8 Å². The zero-order chi connectivity index (χ0) is 28.2. The van der Waals surface area contributed by atoms with Gasteiger partial charge in [-0.3, -0.25) is 14.4 Å². The minimum Gasteiger partial charge on any atom is -0.508 e. The molecule has 5 N–H and O–H groups in total. The molecule has 1 aromatic rings. The average Bonchev–Trinajstić information content (AvgIpc) is 2.76. The summed E-state index contributed by atoms with van der Waals surface area (Å²) in [4.78, 5) is 53.2. The lowest BCUT2D eigenvalue weighted by atomic mass is 10.0. The van der Waals surface area contributed by atoms with Gasteiger partial charge in [-0.2, -0.15) is 0 Å². The SMILES string of the molecule is CCCCCN(C(=O)C(CC(N)=O)NC(=O)OC(C)(C)C)C(C(=O)NC(C)CCC)c1cccc(O)c1. The van der Waals surface area contributed by atoms with Gasteiger partial charge in [-0.1, -0.05) is 45.2 Å². The number of rotatable bonds is 14. The molecule has 0 heterocycles. The summed E-state index contributed by atoms with van der Waals surface area (Å²) in [6.07, 6.45) is 2.51. The maximum absolute atomic E-state index is 13.9. The van der Waals surface area contributed by atoms with Crippen molar-refractivity contribution in [3.8, 4) is 5.75 Å². The highest BCUT2D eigenvalue weighted by molar-refractivity contribution is 5.94. The summed E-state index contributed by atoms with van der Waals surface area (Å²) in [5, 5.41) is 15.5. The molecule has 3 unspecified atom stereocenters. The Bertz CT molecular complexity index is 914. The number of benzene rings is 1. The van der Waals surface area contributed by atoms with Crippen LogP contribution in [-0.4, -0.2) is 58.1 Å². The van der Waals surface area contributed by atoms with Crippen molar-refractivity contribution in [3.05, 3.63) is 29.8 Å². The number of unbranched alkanes of at least 4 members (excludes halogenated alkanes) is 2. The Balaban J connectivity index is 3.50. The van der Waals surface area contributed by atoms with E-state index in [-0.39, 0.29) is 18.3 Å². The molecule has 0 saturated carbocycles. The molecule has 0 aliphatic heterocycles. The van der Waals surface area contributed by atoms with Gasteiger partial charge in [-0.05, 0) is 58.2 Å². The highest BCUT2D eigenvalue weighted by atomic mass is 16.6. The number of ether oxygens (including phenoxy) is 1. The number of nitrogens with one attached hydrogen (secondary N) is 2. The van der Waals surface area contributed by atoms with Crippen molar-refractivity contribution < 1.29 is 29.0 Å². The largest absolute Gasteiger partial charge is 0.508 e. The molecule has 0 radical (unpaired) electrons. The maximum Gasteiger partial charge on any atom is 0.408 e. The summed E-state index contributed by atoms with van der Waals surface area (Å²) < 4.78 is 5.28. The third kappa shape index (κ3) is 11.5. The van der Waals surface area contributed by atoms with Crippen molar-refractivity contribution in [2.45, 2.75) is 104 Å². The van der Waals surface area contributed by atoms with Crippen molar-refractivity contribution in [1.29, 1.82) is 0 Å². The van der Waals surface area contributed by atoms with Gasteiger partial charge in [0.25, 0.3) is 0 Å². The van der Waals surface area contributed by atoms with Gasteiger partial charge in [0, 0.05) is 12.6 Å². The second-order valence-corrected chi connectivity index (χ2v) is 10.3. The highest BCUT2D eigenvalue weighted by Gasteiger charge is 2.37. The number of phenols is 1. The third-order valence-electron chi connectivity index (χ3n) is 5.54. The molecule has 3 atom stereocenters. The van der Waals surface area contributed by atoms with Crippen LogP contribution in [0.5, 0.6) is 5.75 Å². The second-order valence-electron chi connectivity index (χ2n) is 10.3. The molecule has 208 valence electrons. The van der Waals surface area contributed by atoms with Crippen LogP contribution in [0.4, 0.5) is 4.79 Å². The van der Waals surface area contributed by atoms with Crippen LogP contribution in [0.3, 0.4) is 0 Å². The molecule has 0 fully saturated rings. The van der Waals surface area contributed by atoms with E-state index in [1.165, 1.54) is 17.0 Å². The first-order valence-electron chi connectivity index (χ1n) is 13.0. The van der Waals surface area contributed by atoms with E-state index < -0.39 is 47.9 Å². The van der Waals surface area contributed by atoms with Crippen LogP contribution < -0.4 is 16.4 Å². The number of carbonyl (C=O) groups is 4. The quantitative estimate of drug-likeness (QED) is 0.276. The number of alkyl carbamates (subject to hydrolysis) is 1. The van der Waals surface area contributed by atoms with Gasteiger partial charge >= 0.3 is 6.09 Å². The van der Waals surface area contributed by atoms with E-state index in [0.29, 0.717) is 12.0 Å². The van der Waals surface area contributed by atoms with Crippen molar-refractivity contribution in [2.75, 3.05) is 6.54 Å². The normalized spacial score (nSPS) is 13.7. The third-order valence-corrected chi connectivity index (χ3v) is 5.54. The Kier molecular flexibility index (Phi) is 12.9. The smallest absolute Gasteiger partial charge is 0.408 e. The van der Waals surface area contributed by atoms with Gasteiger partial charge in [-0.15, -0.1) is 0 Å². The predicted molar refractivity (Wildman–Crippen MR) is 142 cm³/mol. The summed E-state index contributed by atoms with van der Waals surface area (Å²) in [6, 6.07) is 3.56. The van der Waals surface area contributed by atoms with Crippen LogP contribution in [-0.2, 0) is 19.1 Å². The first kappa shape index (κ1) is 31.7. The number of phenolic OH excluding ortho intramolecular Hbond substituents is 1. The zero-order valence-corrected chi connectivity index (χ0v) is 23.0. The molecular weight excluding hydrogens is 476 g/mol. The van der Waals surface area contributed by atoms with Crippen molar-refractivity contribution >= 4 is 23.8 Å². The summed E-state index contributed by atoms with van der Waals surface area (Å²) in [5.41, 5.74) is 4.98. The van der Waals surface area contributed by atoms with Crippen LogP contribution in [0, 0.1) is 0 Å². The Hall–Kier alpha value is -3.30. The molecule has 1 rings (SSSR count). The topological polar surface area (TPSA) is 151 Å². The first-order valence-corrected chi connectivity index (χ1v) is 13.0. The highest BCUT2D eigenvalue weighted by Crippen LogP contribution is 2.27. The number of primary amides is 1. The average molecular weight is 521 g/mol. The van der Waals surface area contributed by atoms with Crippen LogP contribution in [0.25, 0.3) is 0 Å². The fraction of sp³-hybridized carbons (Fsp3) is 0.630.